The molecule has 102 valence electrons. The maximum atomic E-state index is 4.33. The van der Waals surface area contributed by atoms with Gasteiger partial charge in [0.2, 0.25) is 0 Å². The van der Waals surface area contributed by atoms with Crippen molar-refractivity contribution in [2.24, 2.45) is 0 Å². The summed E-state index contributed by atoms with van der Waals surface area (Å²) in [6, 6.07) is 0.459. The summed E-state index contributed by atoms with van der Waals surface area (Å²) in [5.74, 6) is 0. The normalized spacial score (nSPS) is 11.2. The Labute approximate surface area is 125 Å². The third-order valence-corrected chi connectivity index (χ3v) is 4.98. The molecule has 0 fully saturated rings. The zero-order valence-corrected chi connectivity index (χ0v) is 13.4. The molecule has 0 radical (unpaired) electrons. The first-order valence-electron chi connectivity index (χ1n) is 5.77. The van der Waals surface area contributed by atoms with Crippen molar-refractivity contribution in [1.82, 2.24) is 25.5 Å². The predicted octanol–water partition coefficient (Wildman–Crippen LogP) is 2.70. The third-order valence-electron chi connectivity index (χ3n) is 2.14. The summed E-state index contributed by atoms with van der Waals surface area (Å²) in [6.45, 7) is 5.02. The standard InChI is InChI=1S/C11H15N5S3/c1-7(2)12-4-8-5-13-9(14-6-8)18-11-16-15-10(17-3)19-11/h5-7,12H,4H2,1-3H3. The van der Waals surface area contributed by atoms with Crippen molar-refractivity contribution < 1.29 is 0 Å². The van der Waals surface area contributed by atoms with Crippen LogP contribution in [0.25, 0.3) is 0 Å². The Morgan fingerprint density at radius 2 is 1.89 bits per heavy atom. The number of nitrogens with zero attached hydrogens (tertiary/aromatic N) is 4. The highest BCUT2D eigenvalue weighted by Crippen LogP contribution is 2.30. The Kier molecular flexibility index (Phi) is 5.56. The van der Waals surface area contributed by atoms with Crippen LogP contribution in [0.1, 0.15) is 19.4 Å². The van der Waals surface area contributed by atoms with Gasteiger partial charge < -0.3 is 5.32 Å². The summed E-state index contributed by atoms with van der Waals surface area (Å²) in [6.07, 6.45) is 5.68. The van der Waals surface area contributed by atoms with Crippen molar-refractivity contribution in [3.05, 3.63) is 18.0 Å². The Bertz CT molecular complexity index is 511. The van der Waals surface area contributed by atoms with Crippen molar-refractivity contribution >= 4 is 34.9 Å². The second kappa shape index (κ2) is 7.18. The largest absolute Gasteiger partial charge is 0.310 e. The van der Waals surface area contributed by atoms with Crippen molar-refractivity contribution in [2.75, 3.05) is 6.26 Å². The topological polar surface area (TPSA) is 63.6 Å². The van der Waals surface area contributed by atoms with Gasteiger partial charge in [-0.1, -0.05) is 36.9 Å². The van der Waals surface area contributed by atoms with Crippen molar-refractivity contribution in [3.63, 3.8) is 0 Å². The van der Waals surface area contributed by atoms with Crippen LogP contribution in [0.3, 0.4) is 0 Å². The minimum atomic E-state index is 0.459. The Morgan fingerprint density at radius 3 is 2.47 bits per heavy atom. The van der Waals surface area contributed by atoms with E-state index in [9.17, 15) is 0 Å². The Balaban J connectivity index is 1.94. The SMILES string of the molecule is CSc1nnc(Sc2ncc(CNC(C)C)cn2)s1. The van der Waals surface area contributed by atoms with Crippen molar-refractivity contribution in [3.8, 4) is 0 Å². The molecule has 2 rings (SSSR count). The first kappa shape index (κ1) is 14.7. The van der Waals surface area contributed by atoms with E-state index in [1.165, 1.54) is 11.8 Å². The van der Waals surface area contributed by atoms with E-state index >= 15 is 0 Å². The van der Waals surface area contributed by atoms with Gasteiger partial charge in [-0.25, -0.2) is 9.97 Å². The molecule has 2 aromatic heterocycles. The number of rotatable bonds is 6. The van der Waals surface area contributed by atoms with Gasteiger partial charge in [-0.3, -0.25) is 0 Å². The zero-order chi connectivity index (χ0) is 13.7. The molecule has 0 unspecified atom stereocenters. The maximum absolute atomic E-state index is 4.33. The molecule has 0 aliphatic heterocycles. The predicted molar refractivity (Wildman–Crippen MR) is 79.8 cm³/mol. The molecule has 0 saturated heterocycles. The lowest BCUT2D eigenvalue weighted by molar-refractivity contribution is 0.585. The Morgan fingerprint density at radius 1 is 1.21 bits per heavy atom. The molecule has 2 heterocycles. The first-order chi connectivity index (χ1) is 9.17. The first-order valence-corrected chi connectivity index (χ1v) is 8.63. The summed E-state index contributed by atoms with van der Waals surface area (Å²) >= 11 is 4.60. The van der Waals surface area contributed by atoms with Crippen molar-refractivity contribution in [1.29, 1.82) is 0 Å². The molecule has 0 aliphatic rings. The van der Waals surface area contributed by atoms with Crippen molar-refractivity contribution in [2.45, 2.75) is 40.3 Å². The van der Waals surface area contributed by atoms with Crippen LogP contribution >= 0.6 is 34.9 Å². The summed E-state index contributed by atoms with van der Waals surface area (Å²) < 4.78 is 1.83. The smallest absolute Gasteiger partial charge is 0.194 e. The molecule has 1 N–H and O–H groups in total. The van der Waals surface area contributed by atoms with E-state index in [0.717, 1.165) is 20.8 Å². The van der Waals surface area contributed by atoms with Crippen LogP contribution in [-0.4, -0.2) is 32.5 Å². The zero-order valence-electron chi connectivity index (χ0n) is 11.0. The van der Waals surface area contributed by atoms with Gasteiger partial charge in [-0.05, 0) is 18.0 Å². The highest BCUT2D eigenvalue weighted by atomic mass is 32.2. The summed E-state index contributed by atoms with van der Waals surface area (Å²) in [5, 5.41) is 12.2. The van der Waals surface area contributed by atoms with Crippen LogP contribution in [-0.2, 0) is 6.54 Å². The van der Waals surface area contributed by atoms with Crippen LogP contribution in [0.2, 0.25) is 0 Å². The van der Waals surface area contributed by atoms with Gasteiger partial charge in [0.1, 0.15) is 0 Å². The van der Waals surface area contributed by atoms with E-state index in [-0.39, 0.29) is 0 Å². The highest BCUT2D eigenvalue weighted by molar-refractivity contribution is 8.02. The van der Waals surface area contributed by atoms with Crippen LogP contribution in [0.4, 0.5) is 0 Å². The lowest BCUT2D eigenvalue weighted by Gasteiger charge is -2.07. The van der Waals surface area contributed by atoms with Crippen LogP contribution in [0.15, 0.2) is 26.2 Å². The van der Waals surface area contributed by atoms with Gasteiger partial charge in [0, 0.05) is 30.5 Å². The fourth-order valence-electron chi connectivity index (χ4n) is 1.21. The summed E-state index contributed by atoms with van der Waals surface area (Å²) in [4.78, 5) is 8.66. The molecule has 0 spiro atoms. The van der Waals surface area contributed by atoms with E-state index in [1.54, 1.807) is 23.1 Å². The van der Waals surface area contributed by atoms with Gasteiger partial charge >= 0.3 is 0 Å². The molecular formula is C11H15N5S3. The van der Waals surface area contributed by atoms with Crippen LogP contribution in [0, 0.1) is 0 Å². The lowest BCUT2D eigenvalue weighted by atomic mass is 10.3. The van der Waals surface area contributed by atoms with E-state index < -0.39 is 0 Å². The molecule has 0 bridgehead atoms. The molecule has 2 aromatic rings. The average molecular weight is 313 g/mol. The fourth-order valence-corrected chi connectivity index (χ4v) is 3.45. The van der Waals surface area contributed by atoms with Crippen LogP contribution < -0.4 is 5.32 Å². The maximum Gasteiger partial charge on any atom is 0.194 e. The number of hydrogen-bond donors (Lipinski definition) is 1. The van der Waals surface area contributed by atoms with E-state index in [1.807, 2.05) is 18.6 Å². The number of aromatic nitrogens is 4. The molecule has 8 heteroatoms. The Hall–Kier alpha value is -0.700. The monoisotopic (exact) mass is 313 g/mol. The second-order valence-electron chi connectivity index (χ2n) is 4.05. The summed E-state index contributed by atoms with van der Waals surface area (Å²) in [5.41, 5.74) is 1.08. The van der Waals surface area contributed by atoms with Crippen LogP contribution in [0.5, 0.6) is 0 Å². The van der Waals surface area contributed by atoms with E-state index in [4.69, 9.17) is 0 Å². The molecule has 19 heavy (non-hydrogen) atoms. The molecule has 5 nitrogen and oxygen atoms in total. The highest BCUT2D eigenvalue weighted by Gasteiger charge is 2.07. The molecule has 0 saturated carbocycles. The van der Waals surface area contributed by atoms with E-state index in [0.29, 0.717) is 11.2 Å². The van der Waals surface area contributed by atoms with Gasteiger partial charge in [-0.15, -0.1) is 10.2 Å². The third kappa shape index (κ3) is 4.72. The van der Waals surface area contributed by atoms with Gasteiger partial charge in [0.15, 0.2) is 13.8 Å². The van der Waals surface area contributed by atoms with Gasteiger partial charge in [0.05, 0.1) is 0 Å². The molecule has 0 aliphatic carbocycles. The molecule has 0 amide bonds. The molecular weight excluding hydrogens is 298 g/mol. The number of thioether (sulfide) groups is 1. The quantitative estimate of drug-likeness (QED) is 0.650. The number of nitrogens with one attached hydrogen (secondary N) is 1. The average Bonchev–Trinajstić information content (AvgIpc) is 2.85. The van der Waals surface area contributed by atoms with E-state index in [2.05, 4.69) is 39.3 Å². The molecule has 0 aromatic carbocycles. The van der Waals surface area contributed by atoms with Gasteiger partial charge in [0.25, 0.3) is 0 Å². The molecule has 0 atom stereocenters. The fraction of sp³-hybridized carbons (Fsp3) is 0.455. The second-order valence-corrected chi connectivity index (χ2v) is 7.29. The minimum Gasteiger partial charge on any atom is -0.310 e. The summed E-state index contributed by atoms with van der Waals surface area (Å²) in [7, 11) is 0. The minimum absolute atomic E-state index is 0.459. The number of hydrogen-bond acceptors (Lipinski definition) is 8. The lowest BCUT2D eigenvalue weighted by Crippen LogP contribution is -2.21. The van der Waals surface area contributed by atoms with Gasteiger partial charge in [-0.2, -0.15) is 0 Å².